The molecule has 0 atom stereocenters. The molecule has 0 bridgehead atoms. The number of fused-ring (bicyclic) bond motifs is 1. The van der Waals surface area contributed by atoms with Crippen LogP contribution < -0.4 is 10.3 Å². The minimum Gasteiger partial charge on any atom is -0.480 e. The predicted molar refractivity (Wildman–Crippen MR) is 95.6 cm³/mol. The van der Waals surface area contributed by atoms with Crippen LogP contribution in [-0.2, 0) is 7.05 Å². The Bertz CT molecular complexity index is 989. The van der Waals surface area contributed by atoms with Crippen molar-refractivity contribution >= 4 is 46.7 Å². The zero-order valence-electron chi connectivity index (χ0n) is 12.9. The lowest BCUT2D eigenvalue weighted by Gasteiger charge is -2.08. The Morgan fingerprint density at radius 2 is 2.12 bits per heavy atom. The van der Waals surface area contributed by atoms with E-state index in [4.69, 9.17) is 16.3 Å². The van der Waals surface area contributed by atoms with Gasteiger partial charge in [0.25, 0.3) is 5.56 Å². The van der Waals surface area contributed by atoms with E-state index < -0.39 is 0 Å². The number of thioether (sulfide) groups is 1. The average Bonchev–Trinajstić information content (AvgIpc) is 2.96. The second-order valence-electron chi connectivity index (χ2n) is 4.78. The molecule has 0 saturated carbocycles. The molecule has 3 aromatic heterocycles. The second-order valence-corrected chi connectivity index (χ2v) is 6.46. The fourth-order valence-electron chi connectivity index (χ4n) is 2.42. The first kappa shape index (κ1) is 17.1. The average molecular weight is 387 g/mol. The van der Waals surface area contributed by atoms with Crippen LogP contribution in [0, 0.1) is 0 Å². The van der Waals surface area contributed by atoms with E-state index in [0.29, 0.717) is 16.3 Å². The van der Waals surface area contributed by atoms with Crippen molar-refractivity contribution in [2.75, 3.05) is 13.4 Å². The highest BCUT2D eigenvalue weighted by Crippen LogP contribution is 2.38. The van der Waals surface area contributed by atoms with Gasteiger partial charge < -0.3 is 4.74 Å². The number of methoxy groups -OCH3 is 1. The Hall–Kier alpha value is -1.71. The van der Waals surface area contributed by atoms with Crippen LogP contribution in [-0.4, -0.2) is 31.9 Å². The third kappa shape index (κ3) is 2.56. The third-order valence-corrected chi connectivity index (χ3v) is 5.08. The van der Waals surface area contributed by atoms with Crippen LogP contribution in [0.5, 0.6) is 5.88 Å². The molecule has 3 rings (SSSR count). The molecule has 0 aliphatic heterocycles. The minimum atomic E-state index is -0.279. The van der Waals surface area contributed by atoms with E-state index in [1.165, 1.54) is 39.8 Å². The molecule has 0 aliphatic rings. The maximum atomic E-state index is 13.4. The Morgan fingerprint density at radius 1 is 1.38 bits per heavy atom. The molecule has 0 saturated heterocycles. The summed E-state index contributed by atoms with van der Waals surface area (Å²) in [6.45, 7) is 0. The summed E-state index contributed by atoms with van der Waals surface area (Å²) < 4.78 is 21.1. The molecule has 10 heteroatoms. The summed E-state index contributed by atoms with van der Waals surface area (Å²) in [6, 6.07) is 1.65. The van der Waals surface area contributed by atoms with Gasteiger partial charge in [0, 0.05) is 30.6 Å². The van der Waals surface area contributed by atoms with Gasteiger partial charge in [-0.05, 0) is 12.3 Å². The van der Waals surface area contributed by atoms with Crippen molar-refractivity contribution in [2.45, 2.75) is 5.16 Å². The normalized spacial score (nSPS) is 11.2. The highest BCUT2D eigenvalue weighted by Gasteiger charge is 2.21. The summed E-state index contributed by atoms with van der Waals surface area (Å²) in [5.41, 5.74) is 0.967. The number of halogens is 2. The quantitative estimate of drug-likeness (QED) is 0.504. The van der Waals surface area contributed by atoms with E-state index >= 15 is 0 Å². The number of rotatable bonds is 4. The first-order valence-corrected chi connectivity index (χ1v) is 8.95. The fourth-order valence-corrected chi connectivity index (χ4v) is 3.59. The first-order valence-electron chi connectivity index (χ1n) is 6.67. The largest absolute Gasteiger partial charge is 0.480 e. The predicted octanol–water partition coefficient (Wildman–Crippen LogP) is 3.56. The van der Waals surface area contributed by atoms with Crippen LogP contribution in [0.2, 0.25) is 5.02 Å². The first-order chi connectivity index (χ1) is 11.5. The smallest absolute Gasteiger partial charge is 0.264 e. The van der Waals surface area contributed by atoms with Gasteiger partial charge in [0.1, 0.15) is 5.02 Å². The Kier molecular flexibility index (Phi) is 4.75. The van der Waals surface area contributed by atoms with Gasteiger partial charge in [-0.3, -0.25) is 9.36 Å². The minimum absolute atomic E-state index is 0.0298. The number of hydrogen-bond acceptors (Lipinski definition) is 6. The van der Waals surface area contributed by atoms with Crippen LogP contribution in [0.3, 0.4) is 0 Å². The molecular weight excluding hydrogens is 375 g/mol. The second kappa shape index (κ2) is 6.66. The number of pyridine rings is 1. The summed E-state index contributed by atoms with van der Waals surface area (Å²) in [7, 11) is 3.07. The summed E-state index contributed by atoms with van der Waals surface area (Å²) in [5.74, 6) is 0.230. The molecule has 0 radical (unpaired) electrons. The molecule has 24 heavy (non-hydrogen) atoms. The highest BCUT2D eigenvalue weighted by atomic mass is 35.5. The lowest BCUT2D eigenvalue weighted by Crippen LogP contribution is -2.20. The molecule has 0 amide bonds. The molecule has 0 aromatic carbocycles. The van der Waals surface area contributed by atoms with Gasteiger partial charge in [-0.25, -0.2) is 13.9 Å². The van der Waals surface area contributed by atoms with Crippen LogP contribution >= 0.6 is 35.7 Å². The molecule has 0 fully saturated rings. The Labute approximate surface area is 150 Å². The summed E-state index contributed by atoms with van der Waals surface area (Å²) in [6.07, 6.45) is 4.81. The topological polar surface area (TPSA) is 61.9 Å². The molecule has 3 aromatic rings. The van der Waals surface area contributed by atoms with Gasteiger partial charge >= 0.3 is 0 Å². The van der Waals surface area contributed by atoms with Crippen molar-refractivity contribution in [1.82, 2.24) is 18.5 Å². The Balaban J connectivity index is 2.42. The van der Waals surface area contributed by atoms with Crippen LogP contribution in [0.4, 0.5) is 3.89 Å². The molecule has 126 valence electrons. The number of nitrogens with zero attached hydrogens (tertiary/aromatic N) is 4. The fraction of sp³-hybridized carbons (Fsp3) is 0.214. The molecule has 0 unspecified atom stereocenters. The van der Waals surface area contributed by atoms with Crippen LogP contribution in [0.15, 0.2) is 28.4 Å². The summed E-state index contributed by atoms with van der Waals surface area (Å²) >= 11 is 7.60. The SMILES string of the molecule is COc1nccc(-c2cn(SF)c3nc(SC)n(C)c(=O)c23)c1Cl. The Morgan fingerprint density at radius 3 is 2.75 bits per heavy atom. The van der Waals surface area contributed by atoms with Gasteiger partial charge in [-0.15, -0.1) is 3.89 Å². The monoisotopic (exact) mass is 386 g/mol. The maximum absolute atomic E-state index is 13.4. The van der Waals surface area contributed by atoms with E-state index in [1.807, 2.05) is 0 Å². The standard InChI is InChI=1S/C14H12ClFN4O2S2/c1-19-13(21)9-8(7-4-5-17-12(22-2)10(7)15)6-20(24-16)11(9)18-14(19)23-3/h4-6H,1-3H3. The summed E-state index contributed by atoms with van der Waals surface area (Å²) in [4.78, 5) is 21.2. The van der Waals surface area contributed by atoms with E-state index in [-0.39, 0.29) is 39.8 Å². The zero-order valence-corrected chi connectivity index (χ0v) is 15.3. The van der Waals surface area contributed by atoms with E-state index in [2.05, 4.69) is 9.97 Å². The van der Waals surface area contributed by atoms with Crippen LogP contribution in [0.25, 0.3) is 22.2 Å². The van der Waals surface area contributed by atoms with Gasteiger partial charge in [-0.2, -0.15) is 0 Å². The molecule has 3 heterocycles. The molecular formula is C14H12ClFN4O2S2. The summed E-state index contributed by atoms with van der Waals surface area (Å²) in [5, 5.41) is 1.03. The van der Waals surface area contributed by atoms with Gasteiger partial charge in [0.15, 0.2) is 23.1 Å². The van der Waals surface area contributed by atoms with Crippen molar-refractivity contribution in [3.05, 3.63) is 33.8 Å². The molecule has 0 N–H and O–H groups in total. The number of ether oxygens (including phenoxy) is 1. The van der Waals surface area contributed by atoms with E-state index in [1.54, 1.807) is 19.4 Å². The maximum Gasteiger partial charge on any atom is 0.264 e. The lowest BCUT2D eigenvalue weighted by atomic mass is 10.1. The molecule has 6 nitrogen and oxygen atoms in total. The zero-order chi connectivity index (χ0) is 17.4. The van der Waals surface area contributed by atoms with Crippen molar-refractivity contribution in [1.29, 1.82) is 0 Å². The van der Waals surface area contributed by atoms with Gasteiger partial charge in [0.05, 0.1) is 12.5 Å². The van der Waals surface area contributed by atoms with Gasteiger partial charge in [-0.1, -0.05) is 23.4 Å². The third-order valence-electron chi connectivity index (χ3n) is 3.55. The number of hydrogen-bond donors (Lipinski definition) is 0. The number of aromatic nitrogens is 4. The lowest BCUT2D eigenvalue weighted by molar-refractivity contribution is 0.398. The molecule has 0 spiro atoms. The van der Waals surface area contributed by atoms with Gasteiger partial charge in [0.2, 0.25) is 5.88 Å². The van der Waals surface area contributed by atoms with Crippen LogP contribution in [0.1, 0.15) is 0 Å². The van der Waals surface area contributed by atoms with E-state index in [0.717, 1.165) is 0 Å². The van der Waals surface area contributed by atoms with Crippen molar-refractivity contribution in [2.24, 2.45) is 7.05 Å². The highest BCUT2D eigenvalue weighted by molar-refractivity contribution is 7.98. The molecule has 0 aliphatic carbocycles. The van der Waals surface area contributed by atoms with Crippen molar-refractivity contribution in [3.8, 4) is 17.0 Å². The van der Waals surface area contributed by atoms with Crippen molar-refractivity contribution in [3.63, 3.8) is 0 Å². The van der Waals surface area contributed by atoms with Crippen molar-refractivity contribution < 1.29 is 8.62 Å². The van der Waals surface area contributed by atoms with E-state index in [9.17, 15) is 8.68 Å².